The smallest absolute Gasteiger partial charge is 0.155 e. The van der Waals surface area contributed by atoms with Gasteiger partial charge in [0.05, 0.1) is 6.61 Å². The number of rotatable bonds is 1. The zero-order valence-corrected chi connectivity index (χ0v) is 13.2. The van der Waals surface area contributed by atoms with Crippen LogP contribution in [0.2, 0.25) is 0 Å². The first-order valence-electron chi connectivity index (χ1n) is 8.94. The summed E-state index contributed by atoms with van der Waals surface area (Å²) >= 11 is 0. The molecule has 2 heteroatoms. The number of aliphatic hydroxyl groups excluding tert-OH is 1. The summed E-state index contributed by atoms with van der Waals surface area (Å²) in [5.41, 5.74) is 1.83. The fourth-order valence-corrected chi connectivity index (χ4v) is 6.65. The van der Waals surface area contributed by atoms with Gasteiger partial charge in [0.15, 0.2) is 5.78 Å². The topological polar surface area (TPSA) is 37.3 Å². The van der Waals surface area contributed by atoms with Crippen molar-refractivity contribution in [2.75, 3.05) is 6.61 Å². The molecule has 3 saturated carbocycles. The van der Waals surface area contributed by atoms with Crippen LogP contribution in [0.15, 0.2) is 11.6 Å². The highest BCUT2D eigenvalue weighted by Gasteiger charge is 2.57. The van der Waals surface area contributed by atoms with Gasteiger partial charge in [0.25, 0.3) is 0 Å². The van der Waals surface area contributed by atoms with Gasteiger partial charge < -0.3 is 5.11 Å². The predicted octanol–water partition coefficient (Wildman–Crippen LogP) is 3.88. The lowest BCUT2D eigenvalue weighted by Gasteiger charge is -2.57. The van der Waals surface area contributed by atoms with Gasteiger partial charge in [0.2, 0.25) is 0 Å². The monoisotopic (exact) mass is 288 g/mol. The van der Waals surface area contributed by atoms with E-state index in [0.29, 0.717) is 17.8 Å². The summed E-state index contributed by atoms with van der Waals surface area (Å²) in [5.74, 6) is 2.59. The Labute approximate surface area is 128 Å². The van der Waals surface area contributed by atoms with Gasteiger partial charge in [-0.3, -0.25) is 4.79 Å². The molecule has 0 radical (unpaired) electrons. The molecule has 0 aromatic carbocycles. The van der Waals surface area contributed by atoms with Crippen molar-refractivity contribution in [2.24, 2.45) is 28.6 Å². The summed E-state index contributed by atoms with van der Waals surface area (Å²) < 4.78 is 0. The van der Waals surface area contributed by atoms with Crippen LogP contribution in [-0.2, 0) is 4.79 Å². The Morgan fingerprint density at radius 3 is 2.81 bits per heavy atom. The minimum Gasteiger partial charge on any atom is -0.395 e. The summed E-state index contributed by atoms with van der Waals surface area (Å²) in [6.45, 7) is 2.78. The van der Waals surface area contributed by atoms with Crippen LogP contribution < -0.4 is 0 Å². The Hall–Kier alpha value is -0.630. The molecule has 116 valence electrons. The molecule has 3 fully saturated rings. The van der Waals surface area contributed by atoms with Gasteiger partial charge in [0, 0.05) is 11.8 Å². The van der Waals surface area contributed by atoms with Gasteiger partial charge in [-0.25, -0.2) is 0 Å². The maximum Gasteiger partial charge on any atom is 0.155 e. The third kappa shape index (κ3) is 1.84. The lowest BCUT2D eigenvalue weighted by molar-refractivity contribution is -0.118. The summed E-state index contributed by atoms with van der Waals surface area (Å²) in [6.07, 6.45) is 12.6. The minimum absolute atomic E-state index is 0.0409. The van der Waals surface area contributed by atoms with Crippen molar-refractivity contribution in [3.63, 3.8) is 0 Å². The molecule has 0 spiro atoms. The molecule has 0 heterocycles. The Morgan fingerprint density at radius 1 is 1.14 bits per heavy atom. The van der Waals surface area contributed by atoms with Crippen molar-refractivity contribution >= 4 is 5.78 Å². The molecule has 5 atom stereocenters. The largest absolute Gasteiger partial charge is 0.395 e. The highest BCUT2D eigenvalue weighted by Crippen LogP contribution is 2.65. The number of hydrogen-bond acceptors (Lipinski definition) is 2. The fourth-order valence-electron chi connectivity index (χ4n) is 6.65. The molecule has 3 unspecified atom stereocenters. The van der Waals surface area contributed by atoms with E-state index >= 15 is 0 Å². The molecule has 1 N–H and O–H groups in total. The summed E-state index contributed by atoms with van der Waals surface area (Å²) in [6, 6.07) is 0. The molecule has 21 heavy (non-hydrogen) atoms. The van der Waals surface area contributed by atoms with E-state index in [0.717, 1.165) is 24.7 Å². The standard InChI is InChI=1S/C19H28O2/c1-18-8-2-3-16(18)15-5-4-13-11-14(21)6-10-19(13,12-20)17(15)7-9-18/h11,15-17,20H,2-10,12H2,1H3/t15?,16?,17?,18-,19+/m0/s1. The van der Waals surface area contributed by atoms with Gasteiger partial charge in [-0.2, -0.15) is 0 Å². The van der Waals surface area contributed by atoms with E-state index in [1.165, 1.54) is 44.1 Å². The molecule has 4 aliphatic carbocycles. The average Bonchev–Trinajstić information content (AvgIpc) is 2.88. The molecule has 0 aromatic heterocycles. The van der Waals surface area contributed by atoms with Gasteiger partial charge in [0.1, 0.15) is 0 Å². The Bertz CT molecular complexity index is 494. The maximum atomic E-state index is 11.8. The van der Waals surface area contributed by atoms with Crippen molar-refractivity contribution in [3.05, 3.63) is 11.6 Å². The normalized spacial score (nSPS) is 49.1. The third-order valence-corrected chi connectivity index (χ3v) is 7.75. The molecule has 4 rings (SSSR count). The molecule has 0 amide bonds. The van der Waals surface area contributed by atoms with Crippen LogP contribution in [0.3, 0.4) is 0 Å². The van der Waals surface area contributed by atoms with Crippen molar-refractivity contribution < 1.29 is 9.90 Å². The lowest BCUT2D eigenvalue weighted by atomic mass is 9.47. The highest BCUT2D eigenvalue weighted by atomic mass is 16.3. The first kappa shape index (κ1) is 14.0. The molecule has 0 aromatic rings. The van der Waals surface area contributed by atoms with E-state index < -0.39 is 0 Å². The van der Waals surface area contributed by atoms with Gasteiger partial charge in [-0.15, -0.1) is 0 Å². The molecule has 0 aliphatic heterocycles. The SMILES string of the molecule is C[C@@]12CCCC1C1CCC3=CC(=O)CC[C@]3(CO)C1CC2. The second kappa shape index (κ2) is 4.68. The third-order valence-electron chi connectivity index (χ3n) is 7.75. The molecular formula is C19H28O2. The van der Waals surface area contributed by atoms with Crippen molar-refractivity contribution in [1.82, 2.24) is 0 Å². The highest BCUT2D eigenvalue weighted by molar-refractivity contribution is 5.91. The number of aliphatic hydroxyl groups is 1. The van der Waals surface area contributed by atoms with E-state index in [4.69, 9.17) is 0 Å². The summed E-state index contributed by atoms with van der Waals surface area (Å²) in [5, 5.41) is 10.3. The number of carbonyl (C=O) groups excluding carboxylic acids is 1. The molecule has 4 aliphatic rings. The van der Waals surface area contributed by atoms with E-state index in [-0.39, 0.29) is 17.8 Å². The van der Waals surface area contributed by atoms with E-state index in [1.54, 1.807) is 0 Å². The number of carbonyl (C=O) groups is 1. The van der Waals surface area contributed by atoms with Crippen molar-refractivity contribution in [1.29, 1.82) is 0 Å². The van der Waals surface area contributed by atoms with Crippen LogP contribution in [0, 0.1) is 28.6 Å². The Kier molecular flexibility index (Phi) is 3.12. The van der Waals surface area contributed by atoms with E-state index in [9.17, 15) is 9.90 Å². The predicted molar refractivity (Wildman–Crippen MR) is 82.7 cm³/mol. The molecule has 0 saturated heterocycles. The van der Waals surface area contributed by atoms with Crippen LogP contribution in [0.5, 0.6) is 0 Å². The number of ketones is 1. The Morgan fingerprint density at radius 2 is 2.00 bits per heavy atom. The van der Waals surface area contributed by atoms with Gasteiger partial charge in [-0.1, -0.05) is 18.9 Å². The second-order valence-corrected chi connectivity index (χ2v) is 8.45. The first-order chi connectivity index (χ1) is 10.1. The van der Waals surface area contributed by atoms with Crippen LogP contribution in [0.4, 0.5) is 0 Å². The number of hydrogen-bond donors (Lipinski definition) is 1. The van der Waals surface area contributed by atoms with Crippen molar-refractivity contribution in [2.45, 2.75) is 64.7 Å². The van der Waals surface area contributed by atoms with E-state index in [1.807, 2.05) is 6.08 Å². The zero-order chi connectivity index (χ0) is 14.7. The van der Waals surface area contributed by atoms with Crippen LogP contribution in [-0.4, -0.2) is 17.5 Å². The fraction of sp³-hybridized carbons (Fsp3) is 0.842. The second-order valence-electron chi connectivity index (χ2n) is 8.45. The summed E-state index contributed by atoms with van der Waals surface area (Å²) in [4.78, 5) is 11.8. The van der Waals surface area contributed by atoms with Crippen LogP contribution in [0.25, 0.3) is 0 Å². The van der Waals surface area contributed by atoms with E-state index in [2.05, 4.69) is 6.92 Å². The van der Waals surface area contributed by atoms with Gasteiger partial charge >= 0.3 is 0 Å². The minimum atomic E-state index is -0.0409. The van der Waals surface area contributed by atoms with Crippen LogP contribution >= 0.6 is 0 Å². The molecule has 2 nitrogen and oxygen atoms in total. The summed E-state index contributed by atoms with van der Waals surface area (Å²) in [7, 11) is 0. The number of fused-ring (bicyclic) bond motifs is 5. The maximum absolute atomic E-state index is 11.8. The first-order valence-corrected chi connectivity index (χ1v) is 8.94. The average molecular weight is 288 g/mol. The Balaban J connectivity index is 1.72. The molecule has 0 bridgehead atoms. The van der Waals surface area contributed by atoms with Gasteiger partial charge in [-0.05, 0) is 74.2 Å². The molecular weight excluding hydrogens is 260 g/mol. The zero-order valence-electron chi connectivity index (χ0n) is 13.2. The van der Waals surface area contributed by atoms with Crippen LogP contribution in [0.1, 0.15) is 64.7 Å². The lowest BCUT2D eigenvalue weighted by Crippen LogP contribution is -2.52. The quantitative estimate of drug-likeness (QED) is 0.795. The van der Waals surface area contributed by atoms with Crippen molar-refractivity contribution in [3.8, 4) is 0 Å².